The maximum atomic E-state index is 11.9. The molecule has 0 unspecified atom stereocenters. The van der Waals surface area contributed by atoms with Gasteiger partial charge >= 0.3 is 0 Å². The van der Waals surface area contributed by atoms with Crippen molar-refractivity contribution in [1.82, 2.24) is 9.80 Å². The molecule has 1 saturated heterocycles. The zero-order chi connectivity index (χ0) is 22.1. The minimum absolute atomic E-state index is 0.0205. The summed E-state index contributed by atoms with van der Waals surface area (Å²) < 4.78 is 6.62. The summed E-state index contributed by atoms with van der Waals surface area (Å²) in [5, 5.41) is 11.9. The molecule has 0 spiro atoms. The smallest absolute Gasteiger partial charge is 0.214 e. The molecule has 1 fully saturated rings. The van der Waals surface area contributed by atoms with Crippen LogP contribution in [0.15, 0.2) is 77.6 Å². The molecule has 0 amide bonds. The van der Waals surface area contributed by atoms with Crippen LogP contribution in [0.5, 0.6) is 0 Å². The molecule has 3 atom stereocenters. The number of rotatable bonds is 4. The van der Waals surface area contributed by atoms with Crippen molar-refractivity contribution in [2.75, 3.05) is 39.3 Å². The number of likely N-dealkylation sites (N-methyl/N-ethyl adjacent to an activating group) is 1. The second kappa shape index (κ2) is 8.86. The molecule has 3 aliphatic rings. The highest BCUT2D eigenvalue weighted by Gasteiger charge is 2.53. The zero-order valence-corrected chi connectivity index (χ0v) is 19.2. The van der Waals surface area contributed by atoms with E-state index in [4.69, 9.17) is 4.74 Å². The molecule has 5 rings (SSSR count). The third kappa shape index (κ3) is 3.92. The molecule has 0 radical (unpaired) electrons. The van der Waals surface area contributed by atoms with E-state index in [-0.39, 0.29) is 11.8 Å². The standard InChI is InChI=1S/C28H34N2O2/c1-3-29-16-15-28(31)25(20-29)26(22-13-9-6-10-14-22)24-19-30(4-2)18-23(27(24)32-28)17-21-11-7-5-8-12-21/h5-14,17,25-26,31H,3-4,15-16,18-20H2,1-2H3/b23-17-/t25-,26-,28+/m0/s1. The van der Waals surface area contributed by atoms with Crippen LogP contribution in [0.4, 0.5) is 0 Å². The minimum Gasteiger partial charge on any atom is -0.462 e. The van der Waals surface area contributed by atoms with Crippen molar-refractivity contribution in [3.8, 4) is 0 Å². The minimum atomic E-state index is -1.13. The zero-order valence-electron chi connectivity index (χ0n) is 19.2. The van der Waals surface area contributed by atoms with Gasteiger partial charge in [0.1, 0.15) is 5.76 Å². The van der Waals surface area contributed by atoms with Crippen molar-refractivity contribution in [2.45, 2.75) is 32.0 Å². The van der Waals surface area contributed by atoms with Gasteiger partial charge in [0.25, 0.3) is 0 Å². The Morgan fingerprint density at radius 1 is 0.969 bits per heavy atom. The molecule has 1 N–H and O–H groups in total. The maximum Gasteiger partial charge on any atom is 0.214 e. The maximum absolute atomic E-state index is 11.9. The summed E-state index contributed by atoms with van der Waals surface area (Å²) in [6, 6.07) is 21.2. The van der Waals surface area contributed by atoms with E-state index in [9.17, 15) is 5.11 Å². The van der Waals surface area contributed by atoms with Crippen molar-refractivity contribution in [3.63, 3.8) is 0 Å². The van der Waals surface area contributed by atoms with Crippen molar-refractivity contribution in [3.05, 3.63) is 88.7 Å². The summed E-state index contributed by atoms with van der Waals surface area (Å²) in [5.41, 5.74) is 4.94. The van der Waals surface area contributed by atoms with E-state index >= 15 is 0 Å². The average molecular weight is 431 g/mol. The van der Waals surface area contributed by atoms with E-state index in [1.54, 1.807) is 0 Å². The Bertz CT molecular complexity index is 1000. The Kier molecular flexibility index (Phi) is 5.93. The Morgan fingerprint density at radius 3 is 2.34 bits per heavy atom. The quantitative estimate of drug-likeness (QED) is 0.775. The van der Waals surface area contributed by atoms with Crippen LogP contribution in [0, 0.1) is 5.92 Å². The van der Waals surface area contributed by atoms with Gasteiger partial charge in [0, 0.05) is 50.0 Å². The monoisotopic (exact) mass is 430 g/mol. The van der Waals surface area contributed by atoms with E-state index in [1.807, 2.05) is 6.07 Å². The number of ether oxygens (including phenoxy) is 1. The predicted molar refractivity (Wildman–Crippen MR) is 129 cm³/mol. The van der Waals surface area contributed by atoms with Gasteiger partial charge < -0.3 is 14.7 Å². The number of aliphatic hydroxyl groups is 1. The van der Waals surface area contributed by atoms with Gasteiger partial charge in [0.05, 0.1) is 0 Å². The molecule has 4 nitrogen and oxygen atoms in total. The number of hydrogen-bond acceptors (Lipinski definition) is 4. The number of piperidine rings is 1. The SMILES string of the molecule is CCN1CC2=C(O[C@]3(O)CCN(CC)C[C@H]3[C@H]2c2ccccc2)/C(=C\c2ccccc2)C1. The van der Waals surface area contributed by atoms with Crippen LogP contribution in [0.3, 0.4) is 0 Å². The Labute approximate surface area is 191 Å². The van der Waals surface area contributed by atoms with E-state index < -0.39 is 5.79 Å². The lowest BCUT2D eigenvalue weighted by molar-refractivity contribution is -0.249. The van der Waals surface area contributed by atoms with Crippen molar-refractivity contribution < 1.29 is 9.84 Å². The first kappa shape index (κ1) is 21.4. The molecule has 2 aromatic carbocycles. The van der Waals surface area contributed by atoms with Gasteiger partial charge in [0.2, 0.25) is 5.79 Å². The molecule has 3 heterocycles. The fourth-order valence-corrected chi connectivity index (χ4v) is 5.65. The Balaban J connectivity index is 1.66. The lowest BCUT2D eigenvalue weighted by Gasteiger charge is -2.53. The van der Waals surface area contributed by atoms with Gasteiger partial charge in [0.15, 0.2) is 0 Å². The van der Waals surface area contributed by atoms with Gasteiger partial charge in [-0.15, -0.1) is 0 Å². The van der Waals surface area contributed by atoms with Gasteiger partial charge in [-0.05, 0) is 35.9 Å². The van der Waals surface area contributed by atoms with Gasteiger partial charge in [-0.1, -0.05) is 74.5 Å². The van der Waals surface area contributed by atoms with Crippen LogP contribution in [0.1, 0.15) is 37.3 Å². The molecule has 0 bridgehead atoms. The number of fused-ring (bicyclic) bond motifs is 1. The summed E-state index contributed by atoms with van der Waals surface area (Å²) >= 11 is 0. The second-order valence-electron chi connectivity index (χ2n) is 9.32. The van der Waals surface area contributed by atoms with E-state index in [1.165, 1.54) is 22.3 Å². The number of likely N-dealkylation sites (tertiary alicyclic amines) is 1. The molecule has 0 saturated carbocycles. The topological polar surface area (TPSA) is 35.9 Å². The van der Waals surface area contributed by atoms with Gasteiger partial charge in [-0.25, -0.2) is 0 Å². The Hall–Kier alpha value is -2.40. The molecule has 3 aliphatic heterocycles. The fourth-order valence-electron chi connectivity index (χ4n) is 5.65. The van der Waals surface area contributed by atoms with Gasteiger partial charge in [-0.2, -0.15) is 0 Å². The molecule has 32 heavy (non-hydrogen) atoms. The summed E-state index contributed by atoms with van der Waals surface area (Å²) in [7, 11) is 0. The average Bonchev–Trinajstić information content (AvgIpc) is 2.83. The third-order valence-electron chi connectivity index (χ3n) is 7.44. The summed E-state index contributed by atoms with van der Waals surface area (Å²) in [6.07, 6.45) is 2.88. The van der Waals surface area contributed by atoms with Crippen LogP contribution in [-0.4, -0.2) is 60.0 Å². The fraction of sp³-hybridized carbons (Fsp3) is 0.429. The number of benzene rings is 2. The third-order valence-corrected chi connectivity index (χ3v) is 7.44. The second-order valence-corrected chi connectivity index (χ2v) is 9.32. The number of hydrogen-bond donors (Lipinski definition) is 1. The molecule has 2 aromatic rings. The largest absolute Gasteiger partial charge is 0.462 e. The Morgan fingerprint density at radius 2 is 1.66 bits per heavy atom. The van der Waals surface area contributed by atoms with Crippen LogP contribution in [0.2, 0.25) is 0 Å². The normalized spacial score (nSPS) is 30.0. The highest BCUT2D eigenvalue weighted by molar-refractivity contribution is 5.61. The van der Waals surface area contributed by atoms with Crippen LogP contribution < -0.4 is 0 Å². The van der Waals surface area contributed by atoms with Crippen molar-refractivity contribution in [2.24, 2.45) is 5.92 Å². The van der Waals surface area contributed by atoms with Crippen LogP contribution >= 0.6 is 0 Å². The summed E-state index contributed by atoms with van der Waals surface area (Å²) in [6.45, 7) is 9.86. The van der Waals surface area contributed by atoms with Crippen LogP contribution in [0.25, 0.3) is 6.08 Å². The summed E-state index contributed by atoms with van der Waals surface area (Å²) in [4.78, 5) is 4.93. The lowest BCUT2D eigenvalue weighted by Crippen LogP contribution is -2.58. The van der Waals surface area contributed by atoms with Crippen LogP contribution in [-0.2, 0) is 4.74 Å². The highest BCUT2D eigenvalue weighted by Crippen LogP contribution is 2.51. The molecule has 0 aromatic heterocycles. The molecule has 168 valence electrons. The van der Waals surface area contributed by atoms with E-state index in [0.29, 0.717) is 6.42 Å². The molecule has 0 aliphatic carbocycles. The van der Waals surface area contributed by atoms with E-state index in [2.05, 4.69) is 84.3 Å². The van der Waals surface area contributed by atoms with Crippen molar-refractivity contribution >= 4 is 6.08 Å². The summed E-state index contributed by atoms with van der Waals surface area (Å²) in [5.74, 6) is -0.0362. The van der Waals surface area contributed by atoms with Gasteiger partial charge in [-0.3, -0.25) is 4.90 Å². The first-order valence-corrected chi connectivity index (χ1v) is 12.0. The lowest BCUT2D eigenvalue weighted by atomic mass is 9.70. The molecule has 4 heteroatoms. The first-order chi connectivity index (χ1) is 15.6. The number of nitrogens with zero attached hydrogens (tertiary/aromatic N) is 2. The van der Waals surface area contributed by atoms with E-state index in [0.717, 1.165) is 45.0 Å². The predicted octanol–water partition coefficient (Wildman–Crippen LogP) is 4.50. The molecular weight excluding hydrogens is 396 g/mol. The molecular formula is C28H34N2O2. The highest BCUT2D eigenvalue weighted by atomic mass is 16.6. The van der Waals surface area contributed by atoms with Crippen molar-refractivity contribution in [1.29, 1.82) is 0 Å². The first-order valence-electron chi connectivity index (χ1n) is 12.0.